The van der Waals surface area contributed by atoms with Gasteiger partial charge in [-0.1, -0.05) is 19.3 Å². The van der Waals surface area contributed by atoms with Crippen LogP contribution in [0.15, 0.2) is 29.2 Å². The maximum Gasteiger partial charge on any atom is 0.240 e. The van der Waals surface area contributed by atoms with Gasteiger partial charge in [-0.15, -0.1) is 0 Å². The molecule has 0 bridgehead atoms. The molecule has 0 radical (unpaired) electrons. The molecule has 22 heavy (non-hydrogen) atoms. The molecule has 0 amide bonds. The molecule has 4 nitrogen and oxygen atoms in total. The molecule has 1 aromatic carbocycles. The minimum absolute atomic E-state index is 0.290. The lowest BCUT2D eigenvalue weighted by Gasteiger charge is -2.20. The number of thioether (sulfide) groups is 1. The van der Waals surface area contributed by atoms with Crippen molar-refractivity contribution in [3.63, 3.8) is 0 Å². The SMILES string of the molecule is CCOc1ccc(S(=O)(=O)NCCSC2CCCCC2)cc1. The lowest BCUT2D eigenvalue weighted by molar-refractivity contribution is 0.340. The Morgan fingerprint density at radius 2 is 1.86 bits per heavy atom. The van der Waals surface area contributed by atoms with E-state index in [0.29, 0.717) is 29.0 Å². The monoisotopic (exact) mass is 343 g/mol. The highest BCUT2D eigenvalue weighted by Gasteiger charge is 2.16. The van der Waals surface area contributed by atoms with E-state index in [1.165, 1.54) is 32.1 Å². The summed E-state index contributed by atoms with van der Waals surface area (Å²) >= 11 is 1.90. The van der Waals surface area contributed by atoms with Crippen molar-refractivity contribution in [2.45, 2.75) is 49.2 Å². The van der Waals surface area contributed by atoms with Gasteiger partial charge in [0.15, 0.2) is 0 Å². The van der Waals surface area contributed by atoms with Crippen molar-refractivity contribution >= 4 is 21.8 Å². The highest BCUT2D eigenvalue weighted by Crippen LogP contribution is 2.27. The first kappa shape index (κ1) is 17.6. The molecule has 0 unspecified atom stereocenters. The van der Waals surface area contributed by atoms with Crippen molar-refractivity contribution in [2.75, 3.05) is 18.9 Å². The van der Waals surface area contributed by atoms with E-state index >= 15 is 0 Å². The van der Waals surface area contributed by atoms with Crippen molar-refractivity contribution in [1.82, 2.24) is 4.72 Å². The minimum Gasteiger partial charge on any atom is -0.494 e. The van der Waals surface area contributed by atoms with Gasteiger partial charge in [0.1, 0.15) is 5.75 Å². The summed E-state index contributed by atoms with van der Waals surface area (Å²) in [6, 6.07) is 6.55. The molecule has 0 saturated heterocycles. The third kappa shape index (κ3) is 5.48. The number of benzene rings is 1. The van der Waals surface area contributed by atoms with Crippen molar-refractivity contribution in [2.24, 2.45) is 0 Å². The van der Waals surface area contributed by atoms with Crippen LogP contribution in [-0.2, 0) is 10.0 Å². The predicted octanol–water partition coefficient (Wildman–Crippen LogP) is 3.43. The second-order valence-corrected chi connectivity index (χ2v) is 8.61. The minimum atomic E-state index is -3.41. The lowest BCUT2D eigenvalue weighted by atomic mass is 10.0. The quantitative estimate of drug-likeness (QED) is 0.735. The van der Waals surface area contributed by atoms with E-state index in [1.807, 2.05) is 18.7 Å². The summed E-state index contributed by atoms with van der Waals surface area (Å²) in [5.74, 6) is 1.52. The Morgan fingerprint density at radius 1 is 1.18 bits per heavy atom. The Bertz CT molecular complexity index is 537. The second kappa shape index (κ2) is 8.79. The van der Waals surface area contributed by atoms with Crippen LogP contribution >= 0.6 is 11.8 Å². The number of hydrogen-bond donors (Lipinski definition) is 1. The molecule has 0 aromatic heterocycles. The molecular formula is C16H25NO3S2. The highest BCUT2D eigenvalue weighted by atomic mass is 32.2. The summed E-state index contributed by atoms with van der Waals surface area (Å²) in [5.41, 5.74) is 0. The molecule has 0 heterocycles. The van der Waals surface area contributed by atoms with E-state index in [9.17, 15) is 8.42 Å². The molecule has 124 valence electrons. The van der Waals surface area contributed by atoms with Gasteiger partial charge in [-0.3, -0.25) is 0 Å². The van der Waals surface area contributed by atoms with Crippen LogP contribution in [0.4, 0.5) is 0 Å². The average molecular weight is 344 g/mol. The molecule has 1 fully saturated rings. The first-order valence-electron chi connectivity index (χ1n) is 7.96. The van der Waals surface area contributed by atoms with E-state index in [4.69, 9.17) is 4.74 Å². The first-order chi connectivity index (χ1) is 10.6. The van der Waals surface area contributed by atoms with Crippen LogP contribution in [0.1, 0.15) is 39.0 Å². The predicted molar refractivity (Wildman–Crippen MR) is 92.1 cm³/mol. The van der Waals surface area contributed by atoms with Crippen LogP contribution in [0.25, 0.3) is 0 Å². The third-order valence-electron chi connectivity index (χ3n) is 3.74. The van der Waals surface area contributed by atoms with Gasteiger partial charge in [-0.05, 0) is 44.0 Å². The van der Waals surface area contributed by atoms with E-state index in [0.717, 1.165) is 5.75 Å². The number of rotatable bonds is 8. The summed E-state index contributed by atoms with van der Waals surface area (Å²) < 4.78 is 32.4. The van der Waals surface area contributed by atoms with Crippen LogP contribution in [0.2, 0.25) is 0 Å². The van der Waals surface area contributed by atoms with Crippen LogP contribution in [0.5, 0.6) is 5.75 Å². The normalized spacial score (nSPS) is 16.6. The summed E-state index contributed by atoms with van der Waals surface area (Å²) in [6.07, 6.45) is 6.53. The maximum absolute atomic E-state index is 12.2. The smallest absolute Gasteiger partial charge is 0.240 e. The maximum atomic E-state index is 12.2. The molecule has 1 aromatic rings. The van der Waals surface area contributed by atoms with Gasteiger partial charge < -0.3 is 4.74 Å². The number of hydrogen-bond acceptors (Lipinski definition) is 4. The molecular weight excluding hydrogens is 318 g/mol. The van der Waals surface area contributed by atoms with Crippen LogP contribution in [0.3, 0.4) is 0 Å². The summed E-state index contributed by atoms with van der Waals surface area (Å²) in [5, 5.41) is 0.712. The molecule has 1 saturated carbocycles. The van der Waals surface area contributed by atoms with Gasteiger partial charge in [-0.25, -0.2) is 13.1 Å². The molecule has 1 aliphatic rings. The van der Waals surface area contributed by atoms with Crippen LogP contribution < -0.4 is 9.46 Å². The highest BCUT2D eigenvalue weighted by molar-refractivity contribution is 8.00. The Labute approximate surface area is 138 Å². The molecule has 2 rings (SSSR count). The van der Waals surface area contributed by atoms with Crippen molar-refractivity contribution < 1.29 is 13.2 Å². The summed E-state index contributed by atoms with van der Waals surface area (Å²) in [4.78, 5) is 0.290. The first-order valence-corrected chi connectivity index (χ1v) is 10.5. The molecule has 0 spiro atoms. The molecule has 1 N–H and O–H groups in total. The fourth-order valence-corrected chi connectivity index (χ4v) is 4.98. The molecule has 0 atom stereocenters. The van der Waals surface area contributed by atoms with Gasteiger partial charge >= 0.3 is 0 Å². The standard InChI is InChI=1S/C16H25NO3S2/c1-2-20-14-8-10-16(11-9-14)22(18,19)17-12-13-21-15-6-4-3-5-7-15/h8-11,15,17H,2-7,12-13H2,1H3. The lowest BCUT2D eigenvalue weighted by Crippen LogP contribution is -2.26. The van der Waals surface area contributed by atoms with Crippen molar-refractivity contribution in [3.05, 3.63) is 24.3 Å². The molecule has 0 aliphatic heterocycles. The number of ether oxygens (including phenoxy) is 1. The van der Waals surface area contributed by atoms with Crippen molar-refractivity contribution in [1.29, 1.82) is 0 Å². The van der Waals surface area contributed by atoms with Gasteiger partial charge in [0, 0.05) is 17.5 Å². The zero-order valence-electron chi connectivity index (χ0n) is 13.1. The van der Waals surface area contributed by atoms with Gasteiger partial charge in [0.05, 0.1) is 11.5 Å². The van der Waals surface area contributed by atoms with Gasteiger partial charge in [0.2, 0.25) is 10.0 Å². The summed E-state index contributed by atoms with van der Waals surface area (Å²) in [6.45, 7) is 2.95. The van der Waals surface area contributed by atoms with E-state index in [1.54, 1.807) is 24.3 Å². The topological polar surface area (TPSA) is 55.4 Å². The van der Waals surface area contributed by atoms with E-state index < -0.39 is 10.0 Å². The van der Waals surface area contributed by atoms with Crippen LogP contribution in [-0.4, -0.2) is 32.6 Å². The average Bonchev–Trinajstić information content (AvgIpc) is 2.53. The summed E-state index contributed by atoms with van der Waals surface area (Å²) in [7, 11) is -3.41. The van der Waals surface area contributed by atoms with Crippen LogP contribution in [0, 0.1) is 0 Å². The Kier molecular flexibility index (Phi) is 7.05. The second-order valence-electron chi connectivity index (χ2n) is 5.43. The largest absolute Gasteiger partial charge is 0.494 e. The fraction of sp³-hybridized carbons (Fsp3) is 0.625. The Hall–Kier alpha value is -0.720. The van der Waals surface area contributed by atoms with E-state index in [-0.39, 0.29) is 0 Å². The zero-order valence-corrected chi connectivity index (χ0v) is 14.7. The molecule has 6 heteroatoms. The van der Waals surface area contributed by atoms with Gasteiger partial charge in [0.25, 0.3) is 0 Å². The van der Waals surface area contributed by atoms with E-state index in [2.05, 4.69) is 4.72 Å². The zero-order chi connectivity index (χ0) is 15.8. The number of nitrogens with one attached hydrogen (secondary N) is 1. The Balaban J connectivity index is 1.77. The van der Waals surface area contributed by atoms with Crippen molar-refractivity contribution in [3.8, 4) is 5.75 Å². The van der Waals surface area contributed by atoms with Gasteiger partial charge in [-0.2, -0.15) is 11.8 Å². The Morgan fingerprint density at radius 3 is 2.50 bits per heavy atom. The number of sulfonamides is 1. The fourth-order valence-electron chi connectivity index (χ4n) is 2.60. The molecule has 1 aliphatic carbocycles. The third-order valence-corrected chi connectivity index (χ3v) is 6.60.